The van der Waals surface area contributed by atoms with E-state index in [2.05, 4.69) is 5.32 Å². The number of hydrogen-bond donors (Lipinski definition) is 1. The molecular formula is C25H36N3O5S-. The Balaban J connectivity index is 1.56. The Labute approximate surface area is 204 Å². The van der Waals surface area contributed by atoms with E-state index >= 15 is 0 Å². The van der Waals surface area contributed by atoms with Crippen molar-refractivity contribution in [2.75, 3.05) is 29.3 Å². The number of fused-ring (bicyclic) bond motifs is 1. The summed E-state index contributed by atoms with van der Waals surface area (Å²) in [5.74, 6) is 0.0933. The van der Waals surface area contributed by atoms with Gasteiger partial charge in [-0.2, -0.15) is 0 Å². The van der Waals surface area contributed by atoms with Crippen molar-refractivity contribution in [3.63, 3.8) is 0 Å². The summed E-state index contributed by atoms with van der Waals surface area (Å²) in [6, 6.07) is 3.59. The molecule has 188 valence electrons. The van der Waals surface area contributed by atoms with Crippen molar-refractivity contribution >= 4 is 34.6 Å². The third-order valence-electron chi connectivity index (χ3n) is 7.42. The quantitative estimate of drug-likeness (QED) is 0.599. The lowest BCUT2D eigenvalue weighted by atomic mass is 9.87. The van der Waals surface area contributed by atoms with Crippen LogP contribution in [0.5, 0.6) is 0 Å². The van der Waals surface area contributed by atoms with E-state index in [1.165, 1.54) is 10.7 Å². The van der Waals surface area contributed by atoms with Crippen molar-refractivity contribution in [1.29, 1.82) is 0 Å². The van der Waals surface area contributed by atoms with E-state index in [-0.39, 0.29) is 24.0 Å². The molecule has 0 spiro atoms. The average Bonchev–Trinajstić information content (AvgIpc) is 2.85. The largest absolute Gasteiger partial charge is 0.755 e. The molecule has 1 heterocycles. The van der Waals surface area contributed by atoms with E-state index in [9.17, 15) is 18.4 Å². The number of amides is 2. The molecular weight excluding hydrogens is 454 g/mol. The predicted molar refractivity (Wildman–Crippen MR) is 131 cm³/mol. The number of hydrogen-bond acceptors (Lipinski definition) is 5. The van der Waals surface area contributed by atoms with E-state index in [1.807, 2.05) is 12.1 Å². The number of piperidine rings is 1. The highest BCUT2D eigenvalue weighted by molar-refractivity contribution is 7.80. The van der Waals surface area contributed by atoms with Gasteiger partial charge in [0.25, 0.3) is 0 Å². The predicted octanol–water partition coefficient (Wildman–Crippen LogP) is 4.31. The summed E-state index contributed by atoms with van der Waals surface area (Å²) in [7, 11) is 0. The zero-order valence-electron chi connectivity index (χ0n) is 20.1. The molecule has 1 aromatic rings. The van der Waals surface area contributed by atoms with Crippen molar-refractivity contribution in [3.05, 3.63) is 23.3 Å². The Bertz CT molecular complexity index is 910. The molecule has 1 unspecified atom stereocenters. The number of nitrogens with one attached hydrogen (secondary N) is 1. The maximum atomic E-state index is 13.0. The summed E-state index contributed by atoms with van der Waals surface area (Å²) >= 11 is -2.47. The summed E-state index contributed by atoms with van der Waals surface area (Å²) in [6.07, 6.45) is 9.84. The highest BCUT2D eigenvalue weighted by Crippen LogP contribution is 2.36. The third kappa shape index (κ3) is 5.74. The van der Waals surface area contributed by atoms with Gasteiger partial charge in [0.1, 0.15) is 0 Å². The fourth-order valence-electron chi connectivity index (χ4n) is 5.61. The first-order valence-corrected chi connectivity index (χ1v) is 13.8. The standard InChI is InChI=1S/C25H37N3O5S/c1-2-33-25(30)27-14-12-20(13-15-27)28(34(31)32)21-16-19-10-6-7-11-22(19)23(17-21)26-24(29)18-8-4-3-5-9-18/h16-18,20H,2-15H2,1H3,(H,26,29)(H,31,32)/p-1. The smallest absolute Gasteiger partial charge is 0.409 e. The molecule has 0 bridgehead atoms. The number of anilines is 2. The first-order chi connectivity index (χ1) is 16.5. The Morgan fingerprint density at radius 3 is 2.47 bits per heavy atom. The van der Waals surface area contributed by atoms with Crippen molar-refractivity contribution in [2.24, 2.45) is 5.92 Å². The summed E-state index contributed by atoms with van der Waals surface area (Å²) < 4.78 is 31.3. The highest BCUT2D eigenvalue weighted by atomic mass is 32.2. The molecule has 34 heavy (non-hydrogen) atoms. The monoisotopic (exact) mass is 490 g/mol. The molecule has 1 aliphatic heterocycles. The Morgan fingerprint density at radius 1 is 1.09 bits per heavy atom. The molecule has 2 amide bonds. The molecule has 1 aromatic carbocycles. The van der Waals surface area contributed by atoms with Crippen LogP contribution in [0.15, 0.2) is 12.1 Å². The van der Waals surface area contributed by atoms with E-state index in [0.29, 0.717) is 38.2 Å². The van der Waals surface area contributed by atoms with Crippen molar-refractivity contribution in [3.8, 4) is 0 Å². The molecule has 4 rings (SSSR count). The van der Waals surface area contributed by atoms with Crippen LogP contribution in [0.25, 0.3) is 0 Å². The maximum Gasteiger partial charge on any atom is 0.409 e. The number of likely N-dealkylation sites (tertiary alicyclic amines) is 1. The molecule has 2 fully saturated rings. The van der Waals surface area contributed by atoms with Crippen LogP contribution in [0, 0.1) is 5.92 Å². The Morgan fingerprint density at radius 2 is 1.79 bits per heavy atom. The molecule has 2 aliphatic carbocycles. The van der Waals surface area contributed by atoms with E-state index in [1.54, 1.807) is 11.8 Å². The minimum Gasteiger partial charge on any atom is -0.755 e. The van der Waals surface area contributed by atoms with Crippen LogP contribution in [-0.4, -0.2) is 51.4 Å². The van der Waals surface area contributed by atoms with Gasteiger partial charge in [0.15, 0.2) is 0 Å². The molecule has 1 saturated heterocycles. The van der Waals surface area contributed by atoms with Gasteiger partial charge in [0.05, 0.1) is 12.3 Å². The van der Waals surface area contributed by atoms with Crippen molar-refractivity contribution < 1.29 is 23.1 Å². The molecule has 3 aliphatic rings. The summed E-state index contributed by atoms with van der Waals surface area (Å²) in [5.41, 5.74) is 3.64. The van der Waals surface area contributed by atoms with Gasteiger partial charge in [0.2, 0.25) is 5.91 Å². The van der Waals surface area contributed by atoms with Crippen LogP contribution in [0.1, 0.15) is 75.8 Å². The molecule has 1 saturated carbocycles. The minimum absolute atomic E-state index is 0.0357. The number of aryl methyl sites for hydroxylation is 1. The summed E-state index contributed by atoms with van der Waals surface area (Å²) in [4.78, 5) is 26.7. The van der Waals surface area contributed by atoms with Crippen molar-refractivity contribution in [2.45, 2.75) is 83.6 Å². The summed E-state index contributed by atoms with van der Waals surface area (Å²) in [5, 5.41) is 3.18. The van der Waals surface area contributed by atoms with Gasteiger partial charge in [-0.1, -0.05) is 19.3 Å². The van der Waals surface area contributed by atoms with Gasteiger partial charge in [-0.05, 0) is 81.5 Å². The number of benzene rings is 1. The zero-order chi connectivity index (χ0) is 24.1. The van der Waals surface area contributed by atoms with E-state index in [0.717, 1.165) is 68.2 Å². The Kier molecular flexibility index (Phi) is 8.47. The van der Waals surface area contributed by atoms with Crippen LogP contribution in [0.3, 0.4) is 0 Å². The van der Waals surface area contributed by atoms with E-state index in [4.69, 9.17) is 4.74 Å². The lowest BCUT2D eigenvalue weighted by molar-refractivity contribution is -0.120. The van der Waals surface area contributed by atoms with Gasteiger partial charge < -0.3 is 19.5 Å². The molecule has 1 atom stereocenters. The van der Waals surface area contributed by atoms with Crippen LogP contribution in [-0.2, 0) is 33.6 Å². The number of rotatable bonds is 6. The fourth-order valence-corrected chi connectivity index (χ4v) is 6.34. The molecule has 1 N–H and O–H groups in total. The minimum atomic E-state index is -2.47. The normalized spacial score (nSPS) is 20.4. The number of ether oxygens (including phenoxy) is 1. The fraction of sp³-hybridized carbons (Fsp3) is 0.680. The van der Waals surface area contributed by atoms with E-state index < -0.39 is 11.3 Å². The lowest BCUT2D eigenvalue weighted by Crippen LogP contribution is -2.47. The van der Waals surface area contributed by atoms with Gasteiger partial charge >= 0.3 is 6.09 Å². The second kappa shape index (κ2) is 11.5. The summed E-state index contributed by atoms with van der Waals surface area (Å²) in [6.45, 7) is 2.99. The zero-order valence-corrected chi connectivity index (χ0v) is 20.9. The number of nitrogens with zero attached hydrogens (tertiary/aromatic N) is 2. The molecule has 9 heteroatoms. The van der Waals surface area contributed by atoms with Gasteiger partial charge in [-0.15, -0.1) is 0 Å². The maximum absolute atomic E-state index is 13.0. The third-order valence-corrected chi connectivity index (χ3v) is 8.25. The Hall–Kier alpha value is -2.13. The number of carbonyl (C=O) groups is 2. The SMILES string of the molecule is CCOC(=O)N1CCC(N(c2cc3c(c(NC(=O)C4CCCCC4)c2)CCCC3)S(=O)[O-])CC1. The van der Waals surface area contributed by atoms with Crippen molar-refractivity contribution in [1.82, 2.24) is 4.90 Å². The highest BCUT2D eigenvalue weighted by Gasteiger charge is 2.30. The van der Waals surface area contributed by atoms with Crippen LogP contribution in [0.2, 0.25) is 0 Å². The first kappa shape index (κ1) is 25.0. The molecule has 8 nitrogen and oxygen atoms in total. The lowest BCUT2D eigenvalue weighted by Gasteiger charge is -2.40. The van der Waals surface area contributed by atoms with Crippen LogP contribution in [0.4, 0.5) is 16.2 Å². The first-order valence-electron chi connectivity index (χ1n) is 12.7. The van der Waals surface area contributed by atoms with Crippen LogP contribution < -0.4 is 9.62 Å². The van der Waals surface area contributed by atoms with Gasteiger partial charge in [-0.3, -0.25) is 13.3 Å². The molecule has 0 radical (unpaired) electrons. The second-order valence-electron chi connectivity index (χ2n) is 9.62. The molecule has 0 aromatic heterocycles. The number of carbonyl (C=O) groups excluding carboxylic acids is 2. The second-order valence-corrected chi connectivity index (χ2v) is 10.4. The van der Waals surface area contributed by atoms with Gasteiger partial charge in [-0.25, -0.2) is 4.79 Å². The van der Waals surface area contributed by atoms with Crippen LogP contribution >= 0.6 is 0 Å². The van der Waals surface area contributed by atoms with Gasteiger partial charge in [0, 0.05) is 42.0 Å². The topological polar surface area (TPSA) is 102 Å². The average molecular weight is 491 g/mol.